The first kappa shape index (κ1) is 14.6. The van der Waals surface area contributed by atoms with Crippen LogP contribution in [0.15, 0.2) is 12.1 Å². The van der Waals surface area contributed by atoms with E-state index >= 15 is 0 Å². The topological polar surface area (TPSA) is 41.1 Å². The van der Waals surface area contributed by atoms with Gasteiger partial charge in [0.1, 0.15) is 0 Å². The molecule has 22 heavy (non-hydrogen) atoms. The Morgan fingerprint density at radius 1 is 1.23 bits per heavy atom. The monoisotopic (exact) mass is 316 g/mol. The molecule has 1 aromatic rings. The fourth-order valence-electron chi connectivity index (χ4n) is 2.22. The van der Waals surface area contributed by atoms with Gasteiger partial charge < -0.3 is 10.6 Å². The van der Waals surface area contributed by atoms with Crippen LogP contribution in [0, 0.1) is 29.4 Å². The smallest absolute Gasteiger partial charge is 0.310 e. The number of urea groups is 1. The first-order valence-electron chi connectivity index (χ1n) is 6.41. The lowest BCUT2D eigenvalue weighted by Crippen LogP contribution is -2.59. The molecule has 1 heterocycles. The summed E-state index contributed by atoms with van der Waals surface area (Å²) in [6.07, 6.45) is -3.83. The summed E-state index contributed by atoms with van der Waals surface area (Å²) in [5, 5.41) is 3.66. The number of carbonyl (C=O) groups excluding carboxylic acids is 1. The highest BCUT2D eigenvalue weighted by atomic mass is 19.4. The molecule has 0 unspecified atom stereocenters. The average Bonchev–Trinajstić information content (AvgIpc) is 3.23. The number of rotatable bonds is 0. The molecule has 0 aromatic heterocycles. The van der Waals surface area contributed by atoms with Gasteiger partial charge in [-0.15, -0.1) is 0 Å². The molecule has 116 valence electrons. The second-order valence-electron chi connectivity index (χ2n) is 5.15. The van der Waals surface area contributed by atoms with E-state index in [2.05, 4.69) is 5.92 Å². The van der Waals surface area contributed by atoms with Crippen molar-refractivity contribution in [1.82, 2.24) is 5.32 Å². The minimum absolute atomic E-state index is 0.217. The quantitative estimate of drug-likeness (QED) is 0.560. The van der Waals surface area contributed by atoms with Crippen molar-refractivity contribution in [3.63, 3.8) is 0 Å². The van der Waals surface area contributed by atoms with Gasteiger partial charge in [0.15, 0.2) is 11.6 Å². The van der Waals surface area contributed by atoms with Crippen LogP contribution in [0.4, 0.5) is 32.4 Å². The van der Waals surface area contributed by atoms with E-state index in [-0.39, 0.29) is 5.92 Å². The second kappa shape index (κ2) is 4.60. The fourth-order valence-corrected chi connectivity index (χ4v) is 2.22. The molecule has 0 saturated heterocycles. The van der Waals surface area contributed by atoms with Crippen molar-refractivity contribution in [2.24, 2.45) is 5.92 Å². The molecule has 3 nitrogen and oxygen atoms in total. The van der Waals surface area contributed by atoms with Crippen LogP contribution in [-0.4, -0.2) is 12.2 Å². The fraction of sp³-hybridized carbons (Fsp3) is 0.357. The lowest BCUT2D eigenvalue weighted by atomic mass is 9.85. The molecule has 1 atom stereocenters. The lowest BCUT2D eigenvalue weighted by molar-refractivity contribution is -0.179. The van der Waals surface area contributed by atoms with E-state index in [1.807, 2.05) is 11.2 Å². The van der Waals surface area contributed by atoms with Crippen LogP contribution in [0.5, 0.6) is 0 Å². The highest BCUT2D eigenvalue weighted by Gasteiger charge is 2.61. The summed E-state index contributed by atoms with van der Waals surface area (Å²) in [5.74, 6) is 0.968. The Kier molecular flexibility index (Phi) is 3.06. The number of alkyl halides is 3. The van der Waals surface area contributed by atoms with Crippen LogP contribution in [-0.2, 0) is 5.54 Å². The largest absolute Gasteiger partial charge is 0.427 e. The molecular formula is C14H9F5N2O. The van der Waals surface area contributed by atoms with Gasteiger partial charge in [0.25, 0.3) is 0 Å². The van der Waals surface area contributed by atoms with Gasteiger partial charge in [0.2, 0.25) is 5.54 Å². The van der Waals surface area contributed by atoms with Gasteiger partial charge in [-0.2, -0.15) is 13.2 Å². The Morgan fingerprint density at radius 3 is 2.50 bits per heavy atom. The van der Waals surface area contributed by atoms with Gasteiger partial charge in [-0.1, -0.05) is 11.8 Å². The third-order valence-corrected chi connectivity index (χ3v) is 3.49. The highest BCUT2D eigenvalue weighted by molar-refractivity contribution is 5.94. The van der Waals surface area contributed by atoms with Crippen LogP contribution in [0.2, 0.25) is 0 Å². The first-order chi connectivity index (χ1) is 10.2. The SMILES string of the molecule is O=C1Nc2ccc(F)c(F)c2[C@](C#CC2CC2)(C(F)(F)F)N1. The van der Waals surface area contributed by atoms with Gasteiger partial charge in [0.05, 0.1) is 11.3 Å². The summed E-state index contributed by atoms with van der Waals surface area (Å²) >= 11 is 0. The van der Waals surface area contributed by atoms with Crippen molar-refractivity contribution in [2.75, 3.05) is 5.32 Å². The zero-order chi connectivity index (χ0) is 16.1. The third kappa shape index (κ3) is 2.17. The number of nitrogens with one attached hydrogen (secondary N) is 2. The molecule has 1 aliphatic carbocycles. The highest BCUT2D eigenvalue weighted by Crippen LogP contribution is 2.45. The average molecular weight is 316 g/mol. The molecule has 2 amide bonds. The Morgan fingerprint density at radius 2 is 1.91 bits per heavy atom. The predicted molar refractivity (Wildman–Crippen MR) is 66.7 cm³/mol. The Bertz CT molecular complexity index is 714. The number of halogens is 5. The maximum absolute atomic E-state index is 14.0. The van der Waals surface area contributed by atoms with E-state index in [4.69, 9.17) is 0 Å². The maximum atomic E-state index is 14.0. The molecule has 3 rings (SSSR count). The molecule has 1 aromatic carbocycles. The molecule has 0 bridgehead atoms. The van der Waals surface area contributed by atoms with Gasteiger partial charge in [-0.25, -0.2) is 13.6 Å². The van der Waals surface area contributed by atoms with Crippen LogP contribution >= 0.6 is 0 Å². The summed E-state index contributed by atoms with van der Waals surface area (Å²) < 4.78 is 68.2. The lowest BCUT2D eigenvalue weighted by Gasteiger charge is -2.37. The molecular weight excluding hydrogens is 307 g/mol. The van der Waals surface area contributed by atoms with Gasteiger partial charge in [-0.05, 0) is 25.0 Å². The second-order valence-corrected chi connectivity index (χ2v) is 5.15. The van der Waals surface area contributed by atoms with E-state index in [1.54, 1.807) is 5.32 Å². The maximum Gasteiger partial charge on any atom is 0.427 e. The standard InChI is InChI=1S/C14H9F5N2O/c15-8-3-4-9-10(11(8)16)13(14(17,18)19,21-12(22)20-9)6-5-7-1-2-7/h3-4,7H,1-2H2,(H2,20,21,22)/t13-/m1/s1. The van der Waals surface area contributed by atoms with Crippen molar-refractivity contribution in [1.29, 1.82) is 0 Å². The first-order valence-corrected chi connectivity index (χ1v) is 6.41. The summed E-state index contributed by atoms with van der Waals surface area (Å²) in [5.41, 5.74) is -4.77. The zero-order valence-corrected chi connectivity index (χ0v) is 10.9. The van der Waals surface area contributed by atoms with E-state index < -0.39 is 40.6 Å². The Hall–Kier alpha value is -2.30. The van der Waals surface area contributed by atoms with Crippen LogP contribution in [0.25, 0.3) is 0 Å². The minimum Gasteiger partial charge on any atom is -0.310 e. The summed E-state index contributed by atoms with van der Waals surface area (Å²) in [4.78, 5) is 11.5. The summed E-state index contributed by atoms with van der Waals surface area (Å²) in [6, 6.07) is 0.349. The zero-order valence-electron chi connectivity index (χ0n) is 10.9. The number of hydrogen-bond donors (Lipinski definition) is 2. The molecule has 1 fully saturated rings. The van der Waals surface area contributed by atoms with Gasteiger partial charge >= 0.3 is 12.2 Å². The number of hydrogen-bond acceptors (Lipinski definition) is 1. The van der Waals surface area contributed by atoms with Gasteiger partial charge in [0, 0.05) is 5.92 Å². The Labute approximate surface area is 121 Å². The normalized spacial score (nSPS) is 23.8. The molecule has 0 radical (unpaired) electrons. The van der Waals surface area contributed by atoms with E-state index in [0.717, 1.165) is 6.07 Å². The number of amides is 2. The van der Waals surface area contributed by atoms with E-state index in [1.165, 1.54) is 0 Å². The molecule has 1 saturated carbocycles. The molecule has 2 aliphatic rings. The molecule has 1 aliphatic heterocycles. The van der Waals surface area contributed by atoms with Crippen molar-refractivity contribution in [2.45, 2.75) is 24.6 Å². The van der Waals surface area contributed by atoms with Crippen LogP contribution in [0.3, 0.4) is 0 Å². The molecule has 0 spiro atoms. The summed E-state index contributed by atoms with van der Waals surface area (Å²) in [6.45, 7) is 0. The van der Waals surface area contributed by atoms with E-state index in [9.17, 15) is 26.7 Å². The van der Waals surface area contributed by atoms with E-state index in [0.29, 0.717) is 18.9 Å². The Balaban J connectivity index is 2.29. The third-order valence-electron chi connectivity index (χ3n) is 3.49. The predicted octanol–water partition coefficient (Wildman–Crippen LogP) is 3.27. The van der Waals surface area contributed by atoms with Gasteiger partial charge in [-0.3, -0.25) is 0 Å². The van der Waals surface area contributed by atoms with Crippen LogP contribution < -0.4 is 10.6 Å². The number of benzene rings is 1. The number of carbonyl (C=O) groups is 1. The molecule has 2 N–H and O–H groups in total. The van der Waals surface area contributed by atoms with Crippen molar-refractivity contribution in [3.8, 4) is 11.8 Å². The van der Waals surface area contributed by atoms with Crippen molar-refractivity contribution in [3.05, 3.63) is 29.3 Å². The van der Waals surface area contributed by atoms with Crippen LogP contribution in [0.1, 0.15) is 18.4 Å². The number of fused-ring (bicyclic) bond motifs is 1. The minimum atomic E-state index is -5.12. The number of anilines is 1. The molecule has 8 heteroatoms. The van der Waals surface area contributed by atoms with Crippen molar-refractivity contribution >= 4 is 11.7 Å². The van der Waals surface area contributed by atoms with Crippen molar-refractivity contribution < 1.29 is 26.7 Å². The summed E-state index contributed by atoms with van der Waals surface area (Å²) in [7, 11) is 0.